The van der Waals surface area contributed by atoms with Crippen molar-refractivity contribution in [2.45, 2.75) is 13.1 Å². The van der Waals surface area contributed by atoms with Gasteiger partial charge in [0.25, 0.3) is 5.78 Å². The van der Waals surface area contributed by atoms with Gasteiger partial charge in [0.15, 0.2) is 0 Å². The molecule has 16 heavy (non-hydrogen) atoms. The molecule has 0 amide bonds. The minimum absolute atomic E-state index is 0.117. The second kappa shape index (κ2) is 6.26. The summed E-state index contributed by atoms with van der Waals surface area (Å²) in [6.45, 7) is 1.02. The maximum Gasteiger partial charge on any atom is 0.455 e. The van der Waals surface area contributed by atoms with Crippen LogP contribution in [0.4, 0.5) is 13.2 Å². The van der Waals surface area contributed by atoms with E-state index in [1.165, 1.54) is 14.0 Å². The molecule has 0 bridgehead atoms. The summed E-state index contributed by atoms with van der Waals surface area (Å²) in [4.78, 5) is 21.9. The fourth-order valence-corrected chi connectivity index (χ4v) is 0.797. The van der Waals surface area contributed by atoms with Gasteiger partial charge in [0.1, 0.15) is 5.57 Å². The van der Waals surface area contributed by atoms with Gasteiger partial charge in [-0.3, -0.25) is 4.79 Å². The van der Waals surface area contributed by atoms with Gasteiger partial charge in [0.2, 0.25) is 0 Å². The summed E-state index contributed by atoms with van der Waals surface area (Å²) >= 11 is 0. The highest BCUT2D eigenvalue weighted by molar-refractivity contribution is 6.19. The van der Waals surface area contributed by atoms with Gasteiger partial charge in [-0.25, -0.2) is 4.79 Å². The normalized spacial score (nSPS) is 12.4. The lowest BCUT2D eigenvalue weighted by molar-refractivity contribution is -0.168. The van der Waals surface area contributed by atoms with Gasteiger partial charge in [0, 0.05) is 7.11 Å². The topological polar surface area (TPSA) is 52.6 Å². The summed E-state index contributed by atoms with van der Waals surface area (Å²) in [6, 6.07) is 0. The van der Waals surface area contributed by atoms with Gasteiger partial charge in [0.05, 0.1) is 13.2 Å². The second-order valence-corrected chi connectivity index (χ2v) is 2.62. The highest BCUT2D eigenvalue weighted by atomic mass is 19.4. The van der Waals surface area contributed by atoms with Crippen LogP contribution in [0, 0.1) is 0 Å². The Kier molecular flexibility index (Phi) is 5.73. The number of methoxy groups -OCH3 is 1. The van der Waals surface area contributed by atoms with Crippen molar-refractivity contribution in [1.82, 2.24) is 0 Å². The zero-order chi connectivity index (χ0) is 12.8. The van der Waals surface area contributed by atoms with Gasteiger partial charge >= 0.3 is 12.1 Å². The molecular weight excluding hydrogens is 229 g/mol. The molecule has 0 aliphatic heterocycles. The molecule has 0 spiro atoms. The quantitative estimate of drug-likeness (QED) is 0.314. The number of ether oxygens (including phenoxy) is 2. The van der Waals surface area contributed by atoms with E-state index in [4.69, 9.17) is 0 Å². The third kappa shape index (κ3) is 4.43. The molecule has 0 aromatic rings. The zero-order valence-corrected chi connectivity index (χ0v) is 8.76. The maximum absolute atomic E-state index is 12.1. The van der Waals surface area contributed by atoms with E-state index < -0.39 is 23.5 Å². The molecule has 0 N–H and O–H groups in total. The molecule has 0 atom stereocenters. The van der Waals surface area contributed by atoms with E-state index in [-0.39, 0.29) is 13.2 Å². The summed E-state index contributed by atoms with van der Waals surface area (Å²) in [5, 5.41) is 0. The van der Waals surface area contributed by atoms with Crippen molar-refractivity contribution in [1.29, 1.82) is 0 Å². The minimum Gasteiger partial charge on any atom is -0.462 e. The molecule has 0 radical (unpaired) electrons. The van der Waals surface area contributed by atoms with Gasteiger partial charge in [-0.2, -0.15) is 13.2 Å². The number of carbonyl (C=O) groups excluding carboxylic acids is 2. The lowest BCUT2D eigenvalue weighted by Crippen LogP contribution is -2.29. The monoisotopic (exact) mass is 240 g/mol. The Labute approximate surface area is 90.0 Å². The molecule has 0 heterocycles. The first-order chi connectivity index (χ1) is 7.34. The molecule has 4 nitrogen and oxygen atoms in total. The first-order valence-corrected chi connectivity index (χ1v) is 4.32. The number of Topliss-reactive ketones (excluding diaryl/α,β-unsaturated/α-hetero) is 1. The van der Waals surface area contributed by atoms with Crippen LogP contribution in [0.1, 0.15) is 6.92 Å². The van der Waals surface area contributed by atoms with E-state index >= 15 is 0 Å². The van der Waals surface area contributed by atoms with E-state index in [1.54, 1.807) is 0 Å². The molecular formula is C9H11F3O4. The third-order valence-corrected chi connectivity index (χ3v) is 1.45. The summed E-state index contributed by atoms with van der Waals surface area (Å²) < 4.78 is 45.1. The fraction of sp³-hybridized carbons (Fsp3) is 0.556. The number of ketones is 1. The average molecular weight is 240 g/mol. The Morgan fingerprint density at radius 2 is 1.88 bits per heavy atom. The molecule has 0 saturated heterocycles. The Morgan fingerprint density at radius 1 is 1.31 bits per heavy atom. The van der Waals surface area contributed by atoms with Gasteiger partial charge in [-0.15, -0.1) is 0 Å². The molecule has 0 aliphatic rings. The highest BCUT2D eigenvalue weighted by Gasteiger charge is 2.43. The fourth-order valence-electron chi connectivity index (χ4n) is 0.797. The number of carbonyl (C=O) groups is 2. The van der Waals surface area contributed by atoms with Crippen LogP contribution in [0.2, 0.25) is 0 Å². The van der Waals surface area contributed by atoms with E-state index in [0.29, 0.717) is 0 Å². The zero-order valence-electron chi connectivity index (χ0n) is 8.76. The van der Waals surface area contributed by atoms with Crippen molar-refractivity contribution in [3.05, 3.63) is 11.6 Å². The van der Waals surface area contributed by atoms with Crippen LogP contribution in [-0.2, 0) is 19.1 Å². The van der Waals surface area contributed by atoms with E-state index in [9.17, 15) is 22.8 Å². The minimum atomic E-state index is -5.10. The largest absolute Gasteiger partial charge is 0.462 e. The van der Waals surface area contributed by atoms with E-state index in [1.807, 2.05) is 0 Å². The maximum atomic E-state index is 12.1. The SMILES string of the molecule is CCOC(=O)C(=CCOC)C(=O)C(F)(F)F. The van der Waals surface area contributed by atoms with Crippen LogP contribution >= 0.6 is 0 Å². The second-order valence-electron chi connectivity index (χ2n) is 2.62. The average Bonchev–Trinajstić information content (AvgIpc) is 2.17. The van der Waals surface area contributed by atoms with Crippen LogP contribution in [0.3, 0.4) is 0 Å². The standard InChI is InChI=1S/C9H11F3O4/c1-3-16-8(14)6(4-5-15-2)7(13)9(10,11)12/h4H,3,5H2,1-2H3. The van der Waals surface area contributed by atoms with Crippen molar-refractivity contribution in [2.75, 3.05) is 20.3 Å². The number of rotatable bonds is 5. The van der Waals surface area contributed by atoms with Crippen LogP contribution in [0.15, 0.2) is 11.6 Å². The van der Waals surface area contributed by atoms with Crippen molar-refractivity contribution >= 4 is 11.8 Å². The molecule has 0 aromatic heterocycles. The molecule has 0 saturated carbocycles. The van der Waals surface area contributed by atoms with Crippen LogP contribution in [0.25, 0.3) is 0 Å². The Hall–Kier alpha value is -1.37. The predicted octanol–water partition coefficient (Wildman–Crippen LogP) is 1.25. The predicted molar refractivity (Wildman–Crippen MR) is 47.7 cm³/mol. The highest BCUT2D eigenvalue weighted by Crippen LogP contribution is 2.21. The number of alkyl halides is 3. The van der Waals surface area contributed by atoms with Crippen LogP contribution < -0.4 is 0 Å². The summed E-state index contributed by atoms with van der Waals surface area (Å²) in [6.07, 6.45) is -4.36. The van der Waals surface area contributed by atoms with Crippen molar-refractivity contribution in [2.24, 2.45) is 0 Å². The molecule has 7 heteroatoms. The molecule has 0 unspecified atom stereocenters. The number of esters is 1. The number of hydrogen-bond acceptors (Lipinski definition) is 4. The Morgan fingerprint density at radius 3 is 2.25 bits per heavy atom. The Balaban J connectivity index is 4.96. The van der Waals surface area contributed by atoms with E-state index in [0.717, 1.165) is 6.08 Å². The van der Waals surface area contributed by atoms with Gasteiger partial charge in [-0.05, 0) is 13.0 Å². The lowest BCUT2D eigenvalue weighted by atomic mass is 10.1. The molecule has 0 aliphatic carbocycles. The van der Waals surface area contributed by atoms with Crippen molar-refractivity contribution in [3.8, 4) is 0 Å². The van der Waals surface area contributed by atoms with E-state index in [2.05, 4.69) is 9.47 Å². The summed E-state index contributed by atoms with van der Waals surface area (Å²) in [5.41, 5.74) is -1.06. The summed E-state index contributed by atoms with van der Waals surface area (Å²) in [5.74, 6) is -3.54. The Bertz CT molecular complexity index is 294. The van der Waals surface area contributed by atoms with Crippen molar-refractivity contribution < 1.29 is 32.2 Å². The molecule has 0 fully saturated rings. The molecule has 0 aromatic carbocycles. The van der Waals surface area contributed by atoms with Crippen LogP contribution in [-0.4, -0.2) is 38.3 Å². The first-order valence-electron chi connectivity index (χ1n) is 4.32. The molecule has 0 rings (SSSR count). The van der Waals surface area contributed by atoms with Crippen LogP contribution in [0.5, 0.6) is 0 Å². The molecule has 92 valence electrons. The number of halogens is 3. The van der Waals surface area contributed by atoms with Crippen molar-refractivity contribution in [3.63, 3.8) is 0 Å². The summed E-state index contributed by atoms with van der Waals surface area (Å²) in [7, 11) is 1.22. The third-order valence-electron chi connectivity index (χ3n) is 1.45. The lowest BCUT2D eigenvalue weighted by Gasteiger charge is -2.08. The number of hydrogen-bond donors (Lipinski definition) is 0. The first kappa shape index (κ1) is 14.6. The van der Waals surface area contributed by atoms with Gasteiger partial charge in [-0.1, -0.05) is 0 Å². The smallest absolute Gasteiger partial charge is 0.455 e. The van der Waals surface area contributed by atoms with Gasteiger partial charge < -0.3 is 9.47 Å².